The highest BCUT2D eigenvalue weighted by atomic mass is 32.2. The number of carbonyl (C=O) groups excluding carboxylic acids is 1. The molecule has 0 bridgehead atoms. The summed E-state index contributed by atoms with van der Waals surface area (Å²) in [5, 5.41) is 6.58. The molecule has 1 unspecified atom stereocenters. The van der Waals surface area contributed by atoms with Gasteiger partial charge in [-0.3, -0.25) is 4.79 Å². The van der Waals surface area contributed by atoms with Crippen LogP contribution in [0.3, 0.4) is 0 Å². The molecule has 1 aliphatic heterocycles. The molecule has 2 fully saturated rings. The molecule has 1 amide bonds. The molecule has 6 nitrogen and oxygen atoms in total. The van der Waals surface area contributed by atoms with Gasteiger partial charge in [0.05, 0.1) is 4.90 Å². The van der Waals surface area contributed by atoms with Gasteiger partial charge in [-0.25, -0.2) is 8.42 Å². The Morgan fingerprint density at radius 2 is 1.58 bits per heavy atom. The van der Waals surface area contributed by atoms with Gasteiger partial charge in [-0.1, -0.05) is 49.6 Å². The zero-order valence-electron chi connectivity index (χ0n) is 19.2. The Hall–Kier alpha value is -2.38. The van der Waals surface area contributed by atoms with Gasteiger partial charge < -0.3 is 10.6 Å². The van der Waals surface area contributed by atoms with Crippen LogP contribution < -0.4 is 10.6 Å². The van der Waals surface area contributed by atoms with Crippen LogP contribution in [0.2, 0.25) is 0 Å². The smallest absolute Gasteiger partial charge is 0.243 e. The van der Waals surface area contributed by atoms with Crippen molar-refractivity contribution in [1.82, 2.24) is 9.62 Å². The summed E-state index contributed by atoms with van der Waals surface area (Å²) < 4.78 is 28.0. The van der Waals surface area contributed by atoms with E-state index in [0.717, 1.165) is 24.1 Å². The summed E-state index contributed by atoms with van der Waals surface area (Å²) in [5.74, 6) is -0.0266. The average molecular weight is 470 g/mol. The van der Waals surface area contributed by atoms with Gasteiger partial charge in [0.1, 0.15) is 0 Å². The number of anilines is 1. The van der Waals surface area contributed by atoms with Crippen molar-refractivity contribution >= 4 is 21.6 Å². The molecule has 2 aliphatic rings. The second-order valence-electron chi connectivity index (χ2n) is 9.26. The third kappa shape index (κ3) is 6.58. The molecule has 1 heterocycles. The second kappa shape index (κ2) is 11.2. The van der Waals surface area contributed by atoms with Crippen molar-refractivity contribution < 1.29 is 13.2 Å². The summed E-state index contributed by atoms with van der Waals surface area (Å²) in [7, 11) is -3.58. The summed E-state index contributed by atoms with van der Waals surface area (Å²) in [6, 6.07) is 17.4. The molecule has 33 heavy (non-hydrogen) atoms. The predicted octanol–water partition coefficient (Wildman–Crippen LogP) is 4.33. The fourth-order valence-electron chi connectivity index (χ4n) is 4.84. The summed E-state index contributed by atoms with van der Waals surface area (Å²) in [4.78, 5) is 12.7. The lowest BCUT2D eigenvalue weighted by atomic mass is 9.95. The minimum Gasteiger partial charge on any atom is -0.382 e. The van der Waals surface area contributed by atoms with Crippen molar-refractivity contribution in [2.75, 3.05) is 18.4 Å². The first-order chi connectivity index (χ1) is 16.0. The van der Waals surface area contributed by atoms with E-state index in [2.05, 4.69) is 10.6 Å². The number of hydrogen-bond acceptors (Lipinski definition) is 4. The van der Waals surface area contributed by atoms with Gasteiger partial charge in [0.15, 0.2) is 0 Å². The van der Waals surface area contributed by atoms with E-state index in [4.69, 9.17) is 0 Å². The van der Waals surface area contributed by atoms with E-state index in [1.165, 1.54) is 36.4 Å². The van der Waals surface area contributed by atoms with E-state index in [9.17, 15) is 13.2 Å². The molecule has 2 aromatic rings. The van der Waals surface area contributed by atoms with Crippen molar-refractivity contribution in [2.45, 2.75) is 74.8 Å². The van der Waals surface area contributed by atoms with Gasteiger partial charge in [0.2, 0.25) is 15.9 Å². The van der Waals surface area contributed by atoms with E-state index < -0.39 is 10.0 Å². The number of amides is 1. The topological polar surface area (TPSA) is 78.5 Å². The molecule has 1 saturated heterocycles. The maximum atomic E-state index is 13.2. The van der Waals surface area contributed by atoms with Crippen LogP contribution in [0.4, 0.5) is 5.69 Å². The van der Waals surface area contributed by atoms with Crippen LogP contribution in [-0.4, -0.2) is 43.8 Å². The summed E-state index contributed by atoms with van der Waals surface area (Å²) in [6.45, 7) is 0.808. The maximum absolute atomic E-state index is 13.2. The third-order valence-electron chi connectivity index (χ3n) is 6.70. The highest BCUT2D eigenvalue weighted by Crippen LogP contribution is 2.25. The molecule has 178 valence electrons. The molecule has 1 aliphatic carbocycles. The lowest BCUT2D eigenvalue weighted by Crippen LogP contribution is -2.49. The molecule has 4 rings (SSSR count). The SMILES string of the molecule is O=C(CCc1ccccc1)NC1CCCN(S(=O)(=O)c2ccc(NC3CCCCC3)cc2)C1. The Balaban J connectivity index is 1.31. The summed E-state index contributed by atoms with van der Waals surface area (Å²) in [5.41, 5.74) is 2.10. The minimum absolute atomic E-state index is 0.0266. The number of nitrogens with one attached hydrogen (secondary N) is 2. The van der Waals surface area contributed by atoms with Crippen molar-refractivity contribution in [3.63, 3.8) is 0 Å². The van der Waals surface area contributed by atoms with E-state index in [1.807, 2.05) is 42.5 Å². The van der Waals surface area contributed by atoms with Crippen LogP contribution in [0, 0.1) is 0 Å². The van der Waals surface area contributed by atoms with Crippen LogP contribution >= 0.6 is 0 Å². The number of benzene rings is 2. The first-order valence-electron chi connectivity index (χ1n) is 12.2. The van der Waals surface area contributed by atoms with Gasteiger partial charge >= 0.3 is 0 Å². The van der Waals surface area contributed by atoms with Gasteiger partial charge in [-0.15, -0.1) is 0 Å². The van der Waals surface area contributed by atoms with Crippen molar-refractivity contribution in [3.05, 3.63) is 60.2 Å². The Morgan fingerprint density at radius 1 is 0.879 bits per heavy atom. The minimum atomic E-state index is -3.58. The molecular formula is C26H35N3O3S. The maximum Gasteiger partial charge on any atom is 0.243 e. The molecule has 2 aromatic carbocycles. The van der Waals surface area contributed by atoms with Gasteiger partial charge in [-0.05, 0) is 61.9 Å². The van der Waals surface area contributed by atoms with Crippen LogP contribution in [0.15, 0.2) is 59.5 Å². The lowest BCUT2D eigenvalue weighted by molar-refractivity contribution is -0.122. The Morgan fingerprint density at radius 3 is 2.30 bits per heavy atom. The first-order valence-corrected chi connectivity index (χ1v) is 13.6. The number of sulfonamides is 1. The number of piperidine rings is 1. The number of rotatable bonds is 8. The normalized spacial score (nSPS) is 20.3. The van der Waals surface area contributed by atoms with Crippen LogP contribution in [0.1, 0.15) is 56.9 Å². The summed E-state index contributed by atoms with van der Waals surface area (Å²) in [6.07, 6.45) is 8.78. The first kappa shape index (κ1) is 23.8. The molecule has 0 spiro atoms. The molecule has 1 atom stereocenters. The zero-order valence-corrected chi connectivity index (χ0v) is 20.0. The Kier molecular flexibility index (Phi) is 8.04. The van der Waals surface area contributed by atoms with Gasteiger partial charge in [0, 0.05) is 37.3 Å². The Bertz CT molecular complexity index is 1000. The number of nitrogens with zero attached hydrogens (tertiary/aromatic N) is 1. The molecular weight excluding hydrogens is 434 g/mol. The van der Waals surface area contributed by atoms with Crippen molar-refractivity contribution in [2.24, 2.45) is 0 Å². The average Bonchev–Trinajstić information content (AvgIpc) is 2.85. The quantitative estimate of drug-likeness (QED) is 0.603. The van der Waals surface area contributed by atoms with E-state index in [-0.39, 0.29) is 11.9 Å². The van der Waals surface area contributed by atoms with Gasteiger partial charge in [-0.2, -0.15) is 4.31 Å². The third-order valence-corrected chi connectivity index (χ3v) is 8.58. The van der Waals surface area contributed by atoms with Crippen LogP contribution in [0.5, 0.6) is 0 Å². The molecule has 7 heteroatoms. The van der Waals surface area contributed by atoms with Crippen molar-refractivity contribution in [1.29, 1.82) is 0 Å². The number of carbonyl (C=O) groups is 1. The van der Waals surface area contributed by atoms with Gasteiger partial charge in [0.25, 0.3) is 0 Å². The summed E-state index contributed by atoms with van der Waals surface area (Å²) >= 11 is 0. The second-order valence-corrected chi connectivity index (χ2v) is 11.2. The zero-order chi connectivity index (χ0) is 23.1. The fourth-order valence-corrected chi connectivity index (χ4v) is 6.36. The standard InChI is InChI=1S/C26H35N3O3S/c30-26(18-13-21-8-3-1-4-9-21)28-24-12-7-19-29(20-24)33(31,32)25-16-14-23(15-17-25)27-22-10-5-2-6-11-22/h1,3-4,8-9,14-17,22,24,27H,2,5-7,10-13,18-20H2,(H,28,30). The molecule has 2 N–H and O–H groups in total. The molecule has 0 radical (unpaired) electrons. The molecule has 1 saturated carbocycles. The van der Waals surface area contributed by atoms with E-state index in [1.54, 1.807) is 12.1 Å². The van der Waals surface area contributed by atoms with E-state index >= 15 is 0 Å². The van der Waals surface area contributed by atoms with Crippen molar-refractivity contribution in [3.8, 4) is 0 Å². The van der Waals surface area contributed by atoms with E-state index in [0.29, 0.717) is 36.9 Å². The predicted molar refractivity (Wildman–Crippen MR) is 132 cm³/mol. The number of hydrogen-bond donors (Lipinski definition) is 2. The van der Waals surface area contributed by atoms with Crippen LogP contribution in [-0.2, 0) is 21.2 Å². The van der Waals surface area contributed by atoms with Crippen LogP contribution in [0.25, 0.3) is 0 Å². The largest absolute Gasteiger partial charge is 0.382 e. The fraction of sp³-hybridized carbons (Fsp3) is 0.500. The molecule has 0 aromatic heterocycles. The Labute approximate surface area is 197 Å². The monoisotopic (exact) mass is 469 g/mol. The highest BCUT2D eigenvalue weighted by molar-refractivity contribution is 7.89. The number of aryl methyl sites for hydroxylation is 1. The lowest BCUT2D eigenvalue weighted by Gasteiger charge is -2.32. The highest BCUT2D eigenvalue weighted by Gasteiger charge is 2.31.